The molecule has 30 heavy (non-hydrogen) atoms. The SMILES string of the molecule is COc1ccc(-c2c(C)oc3c(C)c(OCCN4CCCCC4)ccc3c2=O)cc1. The average molecular weight is 408 g/mol. The van der Waals surface area contributed by atoms with Gasteiger partial charge in [-0.15, -0.1) is 0 Å². The van der Waals surface area contributed by atoms with Crippen molar-refractivity contribution in [1.29, 1.82) is 0 Å². The zero-order chi connectivity index (χ0) is 21.1. The Hall–Kier alpha value is -2.79. The lowest BCUT2D eigenvalue weighted by Crippen LogP contribution is -2.33. The first-order valence-electron chi connectivity index (χ1n) is 10.6. The van der Waals surface area contributed by atoms with Gasteiger partial charge in [0.2, 0.25) is 5.43 Å². The predicted molar refractivity (Wildman–Crippen MR) is 120 cm³/mol. The summed E-state index contributed by atoms with van der Waals surface area (Å²) in [5, 5.41) is 0.576. The van der Waals surface area contributed by atoms with E-state index in [1.807, 2.05) is 50.2 Å². The second-order valence-electron chi connectivity index (χ2n) is 7.91. The molecule has 3 aromatic rings. The molecule has 2 heterocycles. The van der Waals surface area contributed by atoms with E-state index in [2.05, 4.69) is 4.90 Å². The first kappa shape index (κ1) is 20.5. The normalized spacial score (nSPS) is 14.8. The third kappa shape index (κ3) is 4.08. The lowest BCUT2D eigenvalue weighted by atomic mass is 10.0. The summed E-state index contributed by atoms with van der Waals surface area (Å²) in [6.07, 6.45) is 3.88. The topological polar surface area (TPSA) is 51.9 Å². The highest BCUT2D eigenvalue weighted by Gasteiger charge is 2.17. The molecule has 5 heteroatoms. The van der Waals surface area contributed by atoms with Crippen molar-refractivity contribution in [3.63, 3.8) is 0 Å². The average Bonchev–Trinajstić information content (AvgIpc) is 2.77. The van der Waals surface area contributed by atoms with Gasteiger partial charge in [-0.1, -0.05) is 18.6 Å². The molecule has 1 aliphatic rings. The second kappa shape index (κ2) is 8.92. The van der Waals surface area contributed by atoms with Crippen molar-refractivity contribution in [2.45, 2.75) is 33.1 Å². The zero-order valence-electron chi connectivity index (χ0n) is 18.0. The number of likely N-dealkylation sites (tertiary alicyclic amines) is 1. The standard InChI is InChI=1S/C25H29NO4/c1-17-22(29-16-15-26-13-5-4-6-14-26)12-11-21-24(27)23(18(2)30-25(17)21)19-7-9-20(28-3)10-8-19/h7-12H,4-6,13-16H2,1-3H3. The van der Waals surface area contributed by atoms with E-state index in [9.17, 15) is 4.79 Å². The summed E-state index contributed by atoms with van der Waals surface area (Å²) in [6.45, 7) is 7.67. The Morgan fingerprint density at radius 1 is 1.00 bits per heavy atom. The van der Waals surface area contributed by atoms with E-state index in [0.717, 1.165) is 42.3 Å². The molecule has 0 radical (unpaired) electrons. The molecule has 2 aromatic carbocycles. The van der Waals surface area contributed by atoms with E-state index >= 15 is 0 Å². The Morgan fingerprint density at radius 2 is 1.73 bits per heavy atom. The van der Waals surface area contributed by atoms with Crippen molar-refractivity contribution < 1.29 is 13.9 Å². The number of hydrogen-bond acceptors (Lipinski definition) is 5. The van der Waals surface area contributed by atoms with Crippen LogP contribution in [0, 0.1) is 13.8 Å². The van der Waals surface area contributed by atoms with E-state index in [1.54, 1.807) is 7.11 Å². The minimum Gasteiger partial charge on any atom is -0.497 e. The van der Waals surface area contributed by atoms with Crippen LogP contribution in [0.3, 0.4) is 0 Å². The molecule has 0 aliphatic carbocycles. The van der Waals surface area contributed by atoms with Crippen LogP contribution in [-0.4, -0.2) is 38.3 Å². The first-order valence-corrected chi connectivity index (χ1v) is 10.6. The van der Waals surface area contributed by atoms with Crippen LogP contribution in [0.2, 0.25) is 0 Å². The molecule has 4 rings (SSSR count). The van der Waals surface area contributed by atoms with E-state index in [0.29, 0.717) is 28.9 Å². The molecule has 0 unspecified atom stereocenters. The van der Waals surface area contributed by atoms with Crippen LogP contribution >= 0.6 is 0 Å². The monoisotopic (exact) mass is 407 g/mol. The predicted octanol–water partition coefficient (Wildman–Crippen LogP) is 4.95. The summed E-state index contributed by atoms with van der Waals surface area (Å²) in [6, 6.07) is 11.2. The maximum atomic E-state index is 13.2. The molecular weight excluding hydrogens is 378 g/mol. The molecule has 0 saturated carbocycles. The van der Waals surface area contributed by atoms with Crippen LogP contribution in [0.25, 0.3) is 22.1 Å². The number of rotatable bonds is 6. The molecule has 5 nitrogen and oxygen atoms in total. The van der Waals surface area contributed by atoms with Crippen molar-refractivity contribution >= 4 is 11.0 Å². The molecule has 158 valence electrons. The van der Waals surface area contributed by atoms with Crippen molar-refractivity contribution in [1.82, 2.24) is 4.90 Å². The molecule has 0 N–H and O–H groups in total. The van der Waals surface area contributed by atoms with Gasteiger partial charge in [0.05, 0.1) is 18.1 Å². The van der Waals surface area contributed by atoms with Gasteiger partial charge >= 0.3 is 0 Å². The molecule has 0 atom stereocenters. The van der Waals surface area contributed by atoms with E-state index < -0.39 is 0 Å². The molecular formula is C25H29NO4. The number of hydrogen-bond donors (Lipinski definition) is 0. The van der Waals surface area contributed by atoms with Crippen LogP contribution in [0.15, 0.2) is 45.6 Å². The summed E-state index contributed by atoms with van der Waals surface area (Å²) in [5.41, 5.74) is 2.85. The molecule has 0 spiro atoms. The summed E-state index contributed by atoms with van der Waals surface area (Å²) in [4.78, 5) is 15.7. The van der Waals surface area contributed by atoms with Crippen LogP contribution < -0.4 is 14.9 Å². The van der Waals surface area contributed by atoms with Gasteiger partial charge in [-0.2, -0.15) is 0 Å². The van der Waals surface area contributed by atoms with Gasteiger partial charge in [0, 0.05) is 12.1 Å². The largest absolute Gasteiger partial charge is 0.497 e. The number of nitrogens with zero attached hydrogens (tertiary/aromatic N) is 1. The molecule has 0 amide bonds. The van der Waals surface area contributed by atoms with Gasteiger partial charge in [0.15, 0.2) is 0 Å². The first-order chi connectivity index (χ1) is 14.6. The number of fused-ring (bicyclic) bond motifs is 1. The van der Waals surface area contributed by atoms with Gasteiger partial charge < -0.3 is 13.9 Å². The molecule has 0 bridgehead atoms. The van der Waals surface area contributed by atoms with Gasteiger partial charge in [0.25, 0.3) is 0 Å². The number of piperidine rings is 1. The van der Waals surface area contributed by atoms with Crippen LogP contribution in [0.5, 0.6) is 11.5 Å². The van der Waals surface area contributed by atoms with Gasteiger partial charge in [-0.3, -0.25) is 9.69 Å². The minimum absolute atomic E-state index is 0.0260. The van der Waals surface area contributed by atoms with Gasteiger partial charge in [-0.05, 0) is 69.6 Å². The number of aryl methyl sites for hydroxylation is 2. The fourth-order valence-electron chi connectivity index (χ4n) is 4.20. The van der Waals surface area contributed by atoms with Crippen LogP contribution in [0.1, 0.15) is 30.6 Å². The summed E-state index contributed by atoms with van der Waals surface area (Å²) in [7, 11) is 1.62. The van der Waals surface area contributed by atoms with Gasteiger partial charge in [0.1, 0.15) is 29.4 Å². The van der Waals surface area contributed by atoms with Crippen molar-refractivity contribution in [2.75, 3.05) is 33.4 Å². The minimum atomic E-state index is -0.0260. The van der Waals surface area contributed by atoms with E-state index in [-0.39, 0.29) is 5.43 Å². The zero-order valence-corrected chi connectivity index (χ0v) is 18.0. The van der Waals surface area contributed by atoms with E-state index in [4.69, 9.17) is 13.9 Å². The van der Waals surface area contributed by atoms with E-state index in [1.165, 1.54) is 19.3 Å². The van der Waals surface area contributed by atoms with Crippen LogP contribution in [0.4, 0.5) is 0 Å². The molecule has 1 aliphatic heterocycles. The van der Waals surface area contributed by atoms with Crippen LogP contribution in [-0.2, 0) is 0 Å². The lowest BCUT2D eigenvalue weighted by molar-refractivity contribution is 0.183. The Morgan fingerprint density at radius 3 is 2.43 bits per heavy atom. The van der Waals surface area contributed by atoms with Crippen molar-refractivity contribution in [2.24, 2.45) is 0 Å². The quantitative estimate of drug-likeness (QED) is 0.579. The number of methoxy groups -OCH3 is 1. The number of benzene rings is 2. The summed E-state index contributed by atoms with van der Waals surface area (Å²) < 4.78 is 17.4. The Labute approximate surface area is 177 Å². The maximum absolute atomic E-state index is 13.2. The fraction of sp³-hybridized carbons (Fsp3) is 0.400. The lowest BCUT2D eigenvalue weighted by Gasteiger charge is -2.26. The Balaban J connectivity index is 1.61. The third-order valence-corrected chi connectivity index (χ3v) is 5.93. The highest BCUT2D eigenvalue weighted by atomic mass is 16.5. The second-order valence-corrected chi connectivity index (χ2v) is 7.91. The molecule has 1 aromatic heterocycles. The Bertz CT molecular complexity index is 1080. The smallest absolute Gasteiger partial charge is 0.200 e. The fourth-order valence-corrected chi connectivity index (χ4v) is 4.20. The highest BCUT2D eigenvalue weighted by Crippen LogP contribution is 2.30. The van der Waals surface area contributed by atoms with Crippen molar-refractivity contribution in [3.8, 4) is 22.6 Å². The summed E-state index contributed by atoms with van der Waals surface area (Å²) >= 11 is 0. The highest BCUT2D eigenvalue weighted by molar-refractivity contribution is 5.86. The Kier molecular flexibility index (Phi) is 6.09. The summed E-state index contributed by atoms with van der Waals surface area (Å²) in [5.74, 6) is 2.13. The number of ether oxygens (including phenoxy) is 2. The third-order valence-electron chi connectivity index (χ3n) is 5.93. The maximum Gasteiger partial charge on any atom is 0.200 e. The molecule has 1 fully saturated rings. The van der Waals surface area contributed by atoms with Crippen molar-refractivity contribution in [3.05, 3.63) is 57.9 Å². The van der Waals surface area contributed by atoms with Gasteiger partial charge in [-0.25, -0.2) is 0 Å². The molecule has 1 saturated heterocycles.